The molecule has 0 aromatic carbocycles. The summed E-state index contributed by atoms with van der Waals surface area (Å²) < 4.78 is 38.1. The molecule has 0 fully saturated rings. The number of aliphatic imine (C=N–C) groups is 1. The Bertz CT molecular complexity index is 843. The Hall–Kier alpha value is -2.87. The van der Waals surface area contributed by atoms with E-state index >= 15 is 0 Å². The highest BCUT2D eigenvalue weighted by Gasteiger charge is 2.30. The highest BCUT2D eigenvalue weighted by Crippen LogP contribution is 2.26. The first kappa shape index (κ1) is 27.1. The smallest absolute Gasteiger partial charge is 0.359 e. The van der Waals surface area contributed by atoms with Crippen LogP contribution in [0.25, 0.3) is 0 Å². The Morgan fingerprint density at radius 1 is 1.27 bits per heavy atom. The summed E-state index contributed by atoms with van der Waals surface area (Å²) in [6, 6.07) is -0.351. The molecular weight excluding hydrogens is 405 g/mol. The summed E-state index contributed by atoms with van der Waals surface area (Å²) in [6.07, 6.45) is 9.97. The maximum atomic E-state index is 12.7. The van der Waals surface area contributed by atoms with Crippen LogP contribution in [0, 0.1) is 12.3 Å². The van der Waals surface area contributed by atoms with Crippen molar-refractivity contribution in [3.05, 3.63) is 78.1 Å². The maximum absolute atomic E-state index is 12.7. The molecule has 0 saturated carbocycles. The second kappa shape index (κ2) is 14.2. The number of nitrogens with zero attached hydrogens (tertiary/aromatic N) is 1. The molecule has 0 amide bonds. The summed E-state index contributed by atoms with van der Waals surface area (Å²) in [5, 5.41) is 2.93. The molecular formula is C24H27F3N2S. The van der Waals surface area contributed by atoms with Crippen molar-refractivity contribution < 1.29 is 13.2 Å². The lowest BCUT2D eigenvalue weighted by Crippen LogP contribution is -2.23. The summed E-state index contributed by atoms with van der Waals surface area (Å²) in [7, 11) is 0. The van der Waals surface area contributed by atoms with Crippen LogP contribution < -0.4 is 5.32 Å². The predicted molar refractivity (Wildman–Crippen MR) is 126 cm³/mol. The van der Waals surface area contributed by atoms with Crippen LogP contribution >= 0.6 is 12.2 Å². The number of halogens is 3. The van der Waals surface area contributed by atoms with Gasteiger partial charge in [0.05, 0.1) is 11.9 Å². The number of hydrogen-bond donors (Lipinski definition) is 1. The van der Waals surface area contributed by atoms with Crippen molar-refractivity contribution in [1.82, 2.24) is 5.32 Å². The highest BCUT2D eigenvalue weighted by atomic mass is 32.1. The molecule has 0 saturated heterocycles. The van der Waals surface area contributed by atoms with E-state index in [1.54, 1.807) is 25.4 Å². The van der Waals surface area contributed by atoms with Crippen LogP contribution in [0.2, 0.25) is 0 Å². The van der Waals surface area contributed by atoms with E-state index in [2.05, 4.69) is 41.7 Å². The van der Waals surface area contributed by atoms with Crippen LogP contribution in [-0.4, -0.2) is 30.0 Å². The minimum absolute atomic E-state index is 0.351. The van der Waals surface area contributed by atoms with E-state index in [1.165, 1.54) is 6.08 Å². The van der Waals surface area contributed by atoms with Crippen LogP contribution in [0.4, 0.5) is 13.2 Å². The zero-order chi connectivity index (χ0) is 23.2. The second-order valence-corrected chi connectivity index (χ2v) is 6.63. The molecule has 0 aromatic heterocycles. The van der Waals surface area contributed by atoms with E-state index in [9.17, 15) is 13.2 Å². The van der Waals surface area contributed by atoms with Gasteiger partial charge in [0.25, 0.3) is 0 Å². The molecule has 0 spiro atoms. The number of terminal acetylenes is 1. The topological polar surface area (TPSA) is 24.4 Å². The first-order chi connectivity index (χ1) is 14.1. The average molecular weight is 433 g/mol. The number of nitrogens with one attached hydrogen (secondary N) is 1. The number of rotatable bonds is 12. The SMILES string of the molecule is C#CC(C=C=CC(=C)C(=S)CCC(=C)/C(C)=C/C=C(\C=C)C(F)(F)F)N/C=N\CC. The van der Waals surface area contributed by atoms with Gasteiger partial charge in [-0.05, 0) is 56.1 Å². The van der Waals surface area contributed by atoms with E-state index < -0.39 is 11.7 Å². The van der Waals surface area contributed by atoms with Gasteiger partial charge in [-0.15, -0.1) is 12.2 Å². The number of allylic oxidation sites excluding steroid dienone is 7. The fourth-order valence-electron chi connectivity index (χ4n) is 1.93. The van der Waals surface area contributed by atoms with Gasteiger partial charge in [-0.2, -0.15) is 13.2 Å². The normalized spacial score (nSPS) is 13.1. The molecule has 0 radical (unpaired) electrons. The van der Waals surface area contributed by atoms with Crippen molar-refractivity contribution in [1.29, 1.82) is 0 Å². The molecule has 1 N–H and O–H groups in total. The first-order valence-electron chi connectivity index (χ1n) is 9.18. The fraction of sp³-hybridized carbons (Fsp3) is 0.292. The third-order valence-corrected chi connectivity index (χ3v) is 4.32. The Balaban J connectivity index is 4.85. The molecule has 2 nitrogen and oxygen atoms in total. The van der Waals surface area contributed by atoms with Gasteiger partial charge < -0.3 is 5.32 Å². The van der Waals surface area contributed by atoms with Crippen molar-refractivity contribution in [3.8, 4) is 12.3 Å². The molecule has 160 valence electrons. The van der Waals surface area contributed by atoms with E-state index in [4.69, 9.17) is 18.6 Å². The summed E-state index contributed by atoms with van der Waals surface area (Å²) >= 11 is 5.35. The Labute approximate surface area is 183 Å². The predicted octanol–water partition coefficient (Wildman–Crippen LogP) is 6.22. The van der Waals surface area contributed by atoms with Crippen molar-refractivity contribution >= 4 is 23.4 Å². The Morgan fingerprint density at radius 3 is 2.47 bits per heavy atom. The Morgan fingerprint density at radius 2 is 1.93 bits per heavy atom. The highest BCUT2D eigenvalue weighted by molar-refractivity contribution is 7.80. The monoisotopic (exact) mass is 432 g/mol. The summed E-state index contributed by atoms with van der Waals surface area (Å²) in [6.45, 7) is 15.3. The molecule has 0 bridgehead atoms. The van der Waals surface area contributed by atoms with Crippen LogP contribution in [0.15, 0.2) is 83.1 Å². The van der Waals surface area contributed by atoms with Gasteiger partial charge in [0, 0.05) is 11.4 Å². The molecule has 0 aliphatic rings. The summed E-state index contributed by atoms with van der Waals surface area (Å²) in [5.74, 6) is 2.55. The minimum Gasteiger partial charge on any atom is -0.359 e. The summed E-state index contributed by atoms with van der Waals surface area (Å²) in [5.41, 5.74) is 4.08. The molecule has 0 rings (SSSR count). The fourth-order valence-corrected chi connectivity index (χ4v) is 2.09. The molecule has 0 aliphatic carbocycles. The molecule has 0 aromatic rings. The molecule has 0 aliphatic heterocycles. The van der Waals surface area contributed by atoms with Crippen LogP contribution in [0.1, 0.15) is 26.7 Å². The van der Waals surface area contributed by atoms with Gasteiger partial charge in [0.2, 0.25) is 0 Å². The molecule has 1 unspecified atom stereocenters. The quantitative estimate of drug-likeness (QED) is 0.0753. The molecule has 1 atom stereocenters. The lowest BCUT2D eigenvalue weighted by molar-refractivity contribution is -0.0881. The zero-order valence-corrected chi connectivity index (χ0v) is 18.2. The first-order valence-corrected chi connectivity index (χ1v) is 9.59. The van der Waals surface area contributed by atoms with Gasteiger partial charge in [-0.1, -0.05) is 55.6 Å². The third kappa shape index (κ3) is 11.2. The molecule has 6 heteroatoms. The second-order valence-electron chi connectivity index (χ2n) is 6.14. The molecule has 0 heterocycles. The Kier molecular flexibility index (Phi) is 12.8. The van der Waals surface area contributed by atoms with Crippen LogP contribution in [-0.2, 0) is 0 Å². The lowest BCUT2D eigenvalue weighted by atomic mass is 10.00. The standard InChI is InChI=1S/C24H27F3N2S/c1-7-21(24(25,26)27)15-13-18(4)19(5)14-16-23(30)20(6)11-10-12-22(8-2)29-17-28-9-3/h2,7,11-13,15,17,22H,1,5-6,9,14,16H2,3-4H3,(H,28,29)/b18-13+,21-15+. The largest absolute Gasteiger partial charge is 0.416 e. The minimum atomic E-state index is -4.43. The van der Waals surface area contributed by atoms with Crippen molar-refractivity contribution in [2.24, 2.45) is 4.99 Å². The van der Waals surface area contributed by atoms with E-state index in [1.807, 2.05) is 6.92 Å². The number of alkyl halides is 3. The van der Waals surface area contributed by atoms with E-state index in [0.29, 0.717) is 41.0 Å². The van der Waals surface area contributed by atoms with Crippen molar-refractivity contribution in [2.75, 3.05) is 6.54 Å². The van der Waals surface area contributed by atoms with Crippen LogP contribution in [0.3, 0.4) is 0 Å². The van der Waals surface area contributed by atoms with Gasteiger partial charge in [-0.3, -0.25) is 4.99 Å². The maximum Gasteiger partial charge on any atom is 0.416 e. The number of thiocarbonyl (C=S) groups is 1. The van der Waals surface area contributed by atoms with Gasteiger partial charge in [0.1, 0.15) is 6.04 Å². The van der Waals surface area contributed by atoms with E-state index in [0.717, 1.165) is 12.2 Å². The van der Waals surface area contributed by atoms with Gasteiger partial charge in [-0.25, -0.2) is 0 Å². The van der Waals surface area contributed by atoms with Crippen molar-refractivity contribution in [2.45, 2.75) is 38.9 Å². The van der Waals surface area contributed by atoms with Crippen LogP contribution in [0.5, 0.6) is 0 Å². The lowest BCUT2D eigenvalue weighted by Gasteiger charge is -2.08. The summed E-state index contributed by atoms with van der Waals surface area (Å²) in [4.78, 5) is 4.63. The molecule has 30 heavy (non-hydrogen) atoms. The number of hydrogen-bond acceptors (Lipinski definition) is 2. The van der Waals surface area contributed by atoms with E-state index in [-0.39, 0.29) is 6.04 Å². The average Bonchev–Trinajstić information content (AvgIpc) is 2.69. The van der Waals surface area contributed by atoms with Gasteiger partial charge in [0.15, 0.2) is 0 Å². The van der Waals surface area contributed by atoms with Crippen molar-refractivity contribution in [3.63, 3.8) is 0 Å². The third-order valence-electron chi connectivity index (χ3n) is 3.86. The zero-order valence-electron chi connectivity index (χ0n) is 17.4. The van der Waals surface area contributed by atoms with Gasteiger partial charge >= 0.3 is 6.18 Å².